The number of nitrogens with one attached hydrogen (secondary N) is 1. The molecule has 1 atom stereocenters. The number of hydrogen-bond acceptors (Lipinski definition) is 5. The highest BCUT2D eigenvalue weighted by molar-refractivity contribution is 7.22. The Labute approximate surface area is 153 Å². The molecule has 3 aromatic rings. The lowest BCUT2D eigenvalue weighted by molar-refractivity contribution is -0.125. The lowest BCUT2D eigenvalue weighted by Crippen LogP contribution is -2.42. The minimum Gasteiger partial charge on any atom is -0.351 e. The van der Waals surface area contributed by atoms with Crippen molar-refractivity contribution in [1.82, 2.24) is 10.3 Å². The Morgan fingerprint density at radius 3 is 3.08 bits per heavy atom. The van der Waals surface area contributed by atoms with E-state index in [1.54, 1.807) is 17.4 Å². The van der Waals surface area contributed by atoms with Crippen molar-refractivity contribution in [2.24, 2.45) is 5.92 Å². The molecule has 2 aromatic heterocycles. The maximum atomic E-state index is 13.9. The molecule has 0 bridgehead atoms. The Morgan fingerprint density at radius 2 is 2.28 bits per heavy atom. The Balaban J connectivity index is 1.44. The van der Waals surface area contributed by atoms with Crippen LogP contribution in [0.25, 0.3) is 10.2 Å². The lowest BCUT2D eigenvalue weighted by atomic mass is 9.97. The van der Waals surface area contributed by atoms with Crippen LogP contribution >= 0.6 is 22.7 Å². The molecule has 4 nitrogen and oxygen atoms in total. The number of benzene rings is 1. The third-order valence-electron chi connectivity index (χ3n) is 4.44. The molecule has 1 aliphatic heterocycles. The number of hydrogen-bond donors (Lipinski definition) is 1. The van der Waals surface area contributed by atoms with Gasteiger partial charge in [-0.2, -0.15) is 0 Å². The summed E-state index contributed by atoms with van der Waals surface area (Å²) in [7, 11) is 0. The average Bonchev–Trinajstić information content (AvgIpc) is 3.30. The minimum atomic E-state index is -0.290. The van der Waals surface area contributed by atoms with Crippen LogP contribution in [0.5, 0.6) is 0 Å². The summed E-state index contributed by atoms with van der Waals surface area (Å²) in [5, 5.41) is 5.84. The fraction of sp³-hybridized carbons (Fsp3) is 0.333. The number of carbonyl (C=O) groups excluding carboxylic acids is 1. The van der Waals surface area contributed by atoms with Crippen LogP contribution in [0.1, 0.15) is 17.7 Å². The number of thiophene rings is 1. The smallest absolute Gasteiger partial charge is 0.225 e. The van der Waals surface area contributed by atoms with Crippen LogP contribution in [0.15, 0.2) is 35.7 Å². The van der Waals surface area contributed by atoms with Gasteiger partial charge in [0.1, 0.15) is 11.3 Å². The van der Waals surface area contributed by atoms with Crippen LogP contribution in [-0.4, -0.2) is 24.0 Å². The summed E-state index contributed by atoms with van der Waals surface area (Å²) in [5.41, 5.74) is 0.423. The molecule has 0 saturated carbocycles. The predicted octanol–water partition coefficient (Wildman–Crippen LogP) is 4.03. The minimum absolute atomic E-state index is 0.0504. The first-order valence-electron chi connectivity index (χ1n) is 8.31. The van der Waals surface area contributed by atoms with Gasteiger partial charge in [0.15, 0.2) is 5.13 Å². The van der Waals surface area contributed by atoms with Crippen molar-refractivity contribution in [2.75, 3.05) is 18.0 Å². The number of thiazole rings is 1. The molecular formula is C18H18FN3OS2. The number of nitrogens with zero attached hydrogens (tertiary/aromatic N) is 2. The number of carbonyl (C=O) groups is 1. The van der Waals surface area contributed by atoms with E-state index in [0.29, 0.717) is 18.6 Å². The number of piperidine rings is 1. The van der Waals surface area contributed by atoms with Crippen molar-refractivity contribution >= 4 is 43.9 Å². The van der Waals surface area contributed by atoms with E-state index in [2.05, 4.69) is 15.2 Å². The fourth-order valence-corrected chi connectivity index (χ4v) is 4.79. The van der Waals surface area contributed by atoms with Gasteiger partial charge in [-0.1, -0.05) is 23.5 Å². The molecule has 1 N–H and O–H groups in total. The molecule has 130 valence electrons. The number of amides is 1. The molecular weight excluding hydrogens is 357 g/mol. The molecule has 0 spiro atoms. The van der Waals surface area contributed by atoms with E-state index in [0.717, 1.165) is 34.1 Å². The van der Waals surface area contributed by atoms with Gasteiger partial charge in [0.25, 0.3) is 0 Å². The van der Waals surface area contributed by atoms with E-state index in [9.17, 15) is 9.18 Å². The van der Waals surface area contributed by atoms with Crippen molar-refractivity contribution < 1.29 is 9.18 Å². The van der Waals surface area contributed by atoms with Gasteiger partial charge in [-0.3, -0.25) is 4.79 Å². The van der Waals surface area contributed by atoms with Crippen molar-refractivity contribution in [3.05, 3.63) is 46.4 Å². The molecule has 0 radical (unpaired) electrons. The number of fused-ring (bicyclic) bond motifs is 1. The van der Waals surface area contributed by atoms with Gasteiger partial charge in [-0.15, -0.1) is 11.3 Å². The SMILES string of the molecule is O=C(NCc1cccs1)C1CCCN(c2nc3c(F)cccc3s2)C1. The molecule has 1 aliphatic rings. The van der Waals surface area contributed by atoms with Gasteiger partial charge in [-0.25, -0.2) is 9.37 Å². The second-order valence-corrected chi connectivity index (χ2v) is 8.21. The Morgan fingerprint density at radius 1 is 1.36 bits per heavy atom. The zero-order valence-corrected chi connectivity index (χ0v) is 15.2. The first kappa shape index (κ1) is 16.5. The highest BCUT2D eigenvalue weighted by atomic mass is 32.1. The summed E-state index contributed by atoms with van der Waals surface area (Å²) < 4.78 is 14.7. The molecule has 1 unspecified atom stereocenters. The van der Waals surface area contributed by atoms with Gasteiger partial charge in [0.05, 0.1) is 17.2 Å². The van der Waals surface area contributed by atoms with Crippen LogP contribution in [0.4, 0.5) is 9.52 Å². The van der Waals surface area contributed by atoms with Crippen molar-refractivity contribution in [3.63, 3.8) is 0 Å². The summed E-state index contributed by atoms with van der Waals surface area (Å²) in [5.74, 6) is -0.252. The number of halogens is 1. The first-order valence-corrected chi connectivity index (χ1v) is 10.0. The van der Waals surface area contributed by atoms with Crippen LogP contribution in [0, 0.1) is 11.7 Å². The molecule has 1 saturated heterocycles. The van der Waals surface area contributed by atoms with Gasteiger partial charge in [0.2, 0.25) is 5.91 Å². The van der Waals surface area contributed by atoms with Gasteiger partial charge in [0, 0.05) is 18.0 Å². The number of aromatic nitrogens is 1. The fourth-order valence-electron chi connectivity index (χ4n) is 3.14. The Kier molecular flexibility index (Phi) is 4.67. The Bertz CT molecular complexity index is 878. The summed E-state index contributed by atoms with van der Waals surface area (Å²) in [6.45, 7) is 2.08. The van der Waals surface area contributed by atoms with Crippen molar-refractivity contribution in [2.45, 2.75) is 19.4 Å². The van der Waals surface area contributed by atoms with Crippen molar-refractivity contribution in [1.29, 1.82) is 0 Å². The molecule has 1 amide bonds. The topological polar surface area (TPSA) is 45.2 Å². The summed E-state index contributed by atoms with van der Waals surface area (Å²) in [6.07, 6.45) is 1.82. The zero-order chi connectivity index (χ0) is 17.2. The second-order valence-electron chi connectivity index (χ2n) is 6.17. The van der Waals surface area contributed by atoms with E-state index in [1.165, 1.54) is 17.4 Å². The summed E-state index contributed by atoms with van der Waals surface area (Å²) in [4.78, 5) is 20.2. The Hall–Kier alpha value is -1.99. The third-order valence-corrected chi connectivity index (χ3v) is 6.40. The monoisotopic (exact) mass is 375 g/mol. The predicted molar refractivity (Wildman–Crippen MR) is 101 cm³/mol. The van der Waals surface area contributed by atoms with E-state index in [-0.39, 0.29) is 17.6 Å². The van der Waals surface area contributed by atoms with E-state index < -0.39 is 0 Å². The van der Waals surface area contributed by atoms with E-state index >= 15 is 0 Å². The third kappa shape index (κ3) is 3.52. The number of para-hydroxylation sites is 1. The molecule has 1 fully saturated rings. The zero-order valence-electron chi connectivity index (χ0n) is 13.6. The molecule has 25 heavy (non-hydrogen) atoms. The second kappa shape index (κ2) is 7.09. The lowest BCUT2D eigenvalue weighted by Gasteiger charge is -2.31. The maximum Gasteiger partial charge on any atom is 0.225 e. The van der Waals surface area contributed by atoms with Gasteiger partial charge in [-0.05, 0) is 36.4 Å². The van der Waals surface area contributed by atoms with Gasteiger partial charge < -0.3 is 10.2 Å². The molecule has 7 heteroatoms. The van der Waals surface area contributed by atoms with Crippen LogP contribution in [0.2, 0.25) is 0 Å². The summed E-state index contributed by atoms with van der Waals surface area (Å²) in [6, 6.07) is 9.03. The molecule has 1 aromatic carbocycles. The standard InChI is InChI=1S/C18H18FN3OS2/c19-14-6-1-7-15-16(14)21-18(25-15)22-8-2-4-12(11-22)17(23)20-10-13-5-3-9-24-13/h1,3,5-7,9,12H,2,4,8,10-11H2,(H,20,23). The van der Waals surface area contributed by atoms with E-state index in [4.69, 9.17) is 0 Å². The van der Waals surface area contributed by atoms with E-state index in [1.807, 2.05) is 23.6 Å². The average molecular weight is 375 g/mol. The normalized spacial score (nSPS) is 17.8. The van der Waals surface area contributed by atoms with Crippen LogP contribution in [0.3, 0.4) is 0 Å². The number of rotatable bonds is 4. The van der Waals surface area contributed by atoms with Crippen LogP contribution in [-0.2, 0) is 11.3 Å². The highest BCUT2D eigenvalue weighted by Crippen LogP contribution is 2.32. The molecule has 3 heterocycles. The van der Waals surface area contributed by atoms with Crippen LogP contribution < -0.4 is 10.2 Å². The first-order chi connectivity index (χ1) is 12.2. The summed E-state index contributed by atoms with van der Waals surface area (Å²) >= 11 is 3.13. The van der Waals surface area contributed by atoms with Crippen molar-refractivity contribution in [3.8, 4) is 0 Å². The molecule has 4 rings (SSSR count). The maximum absolute atomic E-state index is 13.9. The highest BCUT2D eigenvalue weighted by Gasteiger charge is 2.27. The van der Waals surface area contributed by atoms with Gasteiger partial charge >= 0.3 is 0 Å². The quantitative estimate of drug-likeness (QED) is 0.749. The largest absolute Gasteiger partial charge is 0.351 e. The number of anilines is 1. The molecule has 0 aliphatic carbocycles.